The van der Waals surface area contributed by atoms with Crippen molar-refractivity contribution in [3.63, 3.8) is 0 Å². The van der Waals surface area contributed by atoms with Crippen molar-refractivity contribution in [1.29, 1.82) is 0 Å². The number of rotatable bonds is 10. The number of carbonyl (C=O) groups excluding carboxylic acids is 3. The summed E-state index contributed by atoms with van der Waals surface area (Å²) in [5, 5.41) is 14.1. The summed E-state index contributed by atoms with van der Waals surface area (Å²) in [5.74, 6) is -0.446. The zero-order valence-corrected chi connectivity index (χ0v) is 24.3. The average Bonchev–Trinajstić information content (AvgIpc) is 3.69. The SMILES string of the molecule is CSn1ccc(C(=O)NCC(=O)Nc2nc(-c3cccc(-c4cccc(CNC(=O)C5CCNCC5)c4)c3)cs2)c1. The van der Waals surface area contributed by atoms with Crippen LogP contribution in [0, 0.1) is 5.92 Å². The van der Waals surface area contributed by atoms with Gasteiger partial charge in [-0.05, 0) is 72.8 Å². The van der Waals surface area contributed by atoms with Crippen molar-refractivity contribution in [2.45, 2.75) is 19.4 Å². The molecule has 4 aromatic rings. The number of aromatic nitrogens is 2. The molecule has 11 heteroatoms. The summed E-state index contributed by atoms with van der Waals surface area (Å²) in [6.45, 7) is 2.13. The topological polar surface area (TPSA) is 117 Å². The highest BCUT2D eigenvalue weighted by atomic mass is 32.2. The number of hydrogen-bond donors (Lipinski definition) is 4. The molecule has 9 nitrogen and oxygen atoms in total. The van der Waals surface area contributed by atoms with Crippen LogP contribution in [0.2, 0.25) is 0 Å². The van der Waals surface area contributed by atoms with E-state index in [0.717, 1.165) is 53.9 Å². The van der Waals surface area contributed by atoms with Gasteiger partial charge in [-0.25, -0.2) is 4.98 Å². The molecule has 0 saturated carbocycles. The van der Waals surface area contributed by atoms with Crippen LogP contribution in [0.4, 0.5) is 5.13 Å². The zero-order chi connectivity index (χ0) is 28.6. The highest BCUT2D eigenvalue weighted by Crippen LogP contribution is 2.29. The summed E-state index contributed by atoms with van der Waals surface area (Å²) in [7, 11) is 0. The zero-order valence-electron chi connectivity index (χ0n) is 22.7. The van der Waals surface area contributed by atoms with Crippen molar-refractivity contribution in [1.82, 2.24) is 24.9 Å². The van der Waals surface area contributed by atoms with E-state index < -0.39 is 0 Å². The molecule has 3 heterocycles. The molecular formula is C30H32N6O3S2. The lowest BCUT2D eigenvalue weighted by atomic mass is 9.97. The van der Waals surface area contributed by atoms with E-state index in [0.29, 0.717) is 17.2 Å². The number of nitrogens with one attached hydrogen (secondary N) is 4. The minimum absolute atomic E-state index is 0.0842. The van der Waals surface area contributed by atoms with E-state index in [1.165, 1.54) is 23.3 Å². The molecule has 0 unspecified atom stereocenters. The molecule has 1 aliphatic heterocycles. The molecule has 1 saturated heterocycles. The summed E-state index contributed by atoms with van der Waals surface area (Å²) in [6.07, 6.45) is 7.17. The van der Waals surface area contributed by atoms with Gasteiger partial charge in [0.1, 0.15) is 0 Å². The third-order valence-electron chi connectivity index (χ3n) is 6.90. The van der Waals surface area contributed by atoms with Crippen LogP contribution in [0.3, 0.4) is 0 Å². The van der Waals surface area contributed by atoms with E-state index >= 15 is 0 Å². The molecule has 0 spiro atoms. The normalized spacial score (nSPS) is 13.5. The van der Waals surface area contributed by atoms with Crippen LogP contribution in [-0.4, -0.2) is 52.6 Å². The van der Waals surface area contributed by atoms with Gasteiger partial charge >= 0.3 is 0 Å². The number of anilines is 1. The molecule has 0 radical (unpaired) electrons. The Bertz CT molecular complexity index is 1530. The first-order valence-electron chi connectivity index (χ1n) is 13.4. The lowest BCUT2D eigenvalue weighted by Crippen LogP contribution is -2.37. The quantitative estimate of drug-likeness (QED) is 0.218. The van der Waals surface area contributed by atoms with Crippen LogP contribution in [0.25, 0.3) is 22.4 Å². The number of carbonyl (C=O) groups is 3. The van der Waals surface area contributed by atoms with Crippen molar-refractivity contribution in [2.75, 3.05) is 31.2 Å². The lowest BCUT2D eigenvalue weighted by molar-refractivity contribution is -0.125. The van der Waals surface area contributed by atoms with E-state index in [1.807, 2.05) is 52.0 Å². The van der Waals surface area contributed by atoms with Gasteiger partial charge in [-0.1, -0.05) is 36.4 Å². The number of benzene rings is 2. The number of hydrogen-bond acceptors (Lipinski definition) is 7. The first-order chi connectivity index (χ1) is 20.0. The summed E-state index contributed by atoms with van der Waals surface area (Å²) in [4.78, 5) is 41.8. The predicted octanol–water partition coefficient (Wildman–Crippen LogP) is 4.39. The molecule has 5 rings (SSSR count). The number of thiazole rings is 1. The van der Waals surface area contributed by atoms with Crippen LogP contribution in [0.5, 0.6) is 0 Å². The number of piperidine rings is 1. The first kappa shape index (κ1) is 28.6. The molecular weight excluding hydrogens is 557 g/mol. The van der Waals surface area contributed by atoms with E-state index in [4.69, 9.17) is 0 Å². The van der Waals surface area contributed by atoms with Crippen molar-refractivity contribution in [3.05, 3.63) is 83.5 Å². The summed E-state index contributed by atoms with van der Waals surface area (Å²) in [5.41, 5.74) is 5.30. The summed E-state index contributed by atoms with van der Waals surface area (Å²) in [6, 6.07) is 17.9. The maximum absolute atomic E-state index is 12.5. The molecule has 1 aliphatic rings. The smallest absolute Gasteiger partial charge is 0.253 e. The molecule has 4 N–H and O–H groups in total. The maximum Gasteiger partial charge on any atom is 0.253 e. The Kier molecular flexibility index (Phi) is 9.50. The van der Waals surface area contributed by atoms with Gasteiger partial charge in [0.25, 0.3) is 5.91 Å². The van der Waals surface area contributed by atoms with E-state index in [1.54, 1.807) is 18.5 Å². The molecule has 1 fully saturated rings. The predicted molar refractivity (Wildman–Crippen MR) is 165 cm³/mol. The van der Waals surface area contributed by atoms with Crippen LogP contribution < -0.4 is 21.3 Å². The highest BCUT2D eigenvalue weighted by Gasteiger charge is 2.20. The second kappa shape index (κ2) is 13.6. The molecule has 2 aromatic carbocycles. The molecule has 2 aromatic heterocycles. The Morgan fingerprint density at radius 1 is 1.02 bits per heavy atom. The number of amides is 3. The third kappa shape index (κ3) is 7.63. The van der Waals surface area contributed by atoms with Gasteiger partial charge in [0.05, 0.1) is 17.8 Å². The third-order valence-corrected chi connectivity index (χ3v) is 8.30. The van der Waals surface area contributed by atoms with Gasteiger partial charge in [-0.2, -0.15) is 0 Å². The Hall–Kier alpha value is -3.93. The van der Waals surface area contributed by atoms with Crippen molar-refractivity contribution >= 4 is 46.1 Å². The average molecular weight is 589 g/mol. The minimum Gasteiger partial charge on any atom is -0.352 e. The molecule has 41 heavy (non-hydrogen) atoms. The fourth-order valence-corrected chi connectivity index (χ4v) is 5.79. The van der Waals surface area contributed by atoms with Crippen molar-refractivity contribution in [2.24, 2.45) is 5.92 Å². The van der Waals surface area contributed by atoms with Gasteiger partial charge in [-0.15, -0.1) is 11.3 Å². The Balaban J connectivity index is 1.17. The maximum atomic E-state index is 12.5. The first-order valence-corrected chi connectivity index (χ1v) is 15.5. The van der Waals surface area contributed by atoms with Crippen molar-refractivity contribution < 1.29 is 14.4 Å². The monoisotopic (exact) mass is 588 g/mol. The Morgan fingerprint density at radius 3 is 2.56 bits per heavy atom. The van der Waals surface area contributed by atoms with Crippen LogP contribution in [-0.2, 0) is 16.1 Å². The molecule has 0 atom stereocenters. The van der Waals surface area contributed by atoms with Crippen molar-refractivity contribution in [3.8, 4) is 22.4 Å². The molecule has 0 bridgehead atoms. The lowest BCUT2D eigenvalue weighted by Gasteiger charge is -2.21. The summed E-state index contributed by atoms with van der Waals surface area (Å²) < 4.78 is 1.81. The van der Waals surface area contributed by atoms with E-state index in [9.17, 15) is 14.4 Å². The van der Waals surface area contributed by atoms with E-state index in [2.05, 4.69) is 38.4 Å². The fourth-order valence-electron chi connectivity index (χ4n) is 4.65. The van der Waals surface area contributed by atoms with Gasteiger partial charge in [0.15, 0.2) is 5.13 Å². The largest absolute Gasteiger partial charge is 0.352 e. The van der Waals surface area contributed by atoms with Gasteiger partial charge in [-0.3, -0.25) is 18.4 Å². The Morgan fingerprint density at radius 2 is 1.78 bits per heavy atom. The Labute approximate surface area is 247 Å². The van der Waals surface area contributed by atoms with Gasteiger partial charge in [0.2, 0.25) is 11.8 Å². The van der Waals surface area contributed by atoms with E-state index in [-0.39, 0.29) is 30.2 Å². The van der Waals surface area contributed by atoms with Crippen LogP contribution in [0.15, 0.2) is 72.4 Å². The molecule has 3 amide bonds. The number of nitrogens with zero attached hydrogens (tertiary/aromatic N) is 2. The summed E-state index contributed by atoms with van der Waals surface area (Å²) >= 11 is 2.80. The van der Waals surface area contributed by atoms with Gasteiger partial charge < -0.3 is 21.3 Å². The fraction of sp³-hybridized carbons (Fsp3) is 0.267. The van der Waals surface area contributed by atoms with Crippen LogP contribution in [0.1, 0.15) is 28.8 Å². The minimum atomic E-state index is -0.346. The second-order valence-corrected chi connectivity index (χ2v) is 11.4. The highest BCUT2D eigenvalue weighted by molar-refractivity contribution is 7.97. The standard InChI is InChI=1S/C30H32N6O3S2/c1-40-36-13-10-25(18-36)29(39)33-17-27(37)35-30-34-26(19-41-30)24-7-3-6-23(15-24)22-5-2-4-20(14-22)16-32-28(38)21-8-11-31-12-9-21/h2-7,10,13-15,18-19,21,31H,8-9,11-12,16-17H2,1H3,(H,32,38)(H,33,39)(H,34,35,37). The molecule has 212 valence electrons. The van der Waals surface area contributed by atoms with Crippen LogP contribution >= 0.6 is 23.3 Å². The molecule has 0 aliphatic carbocycles. The second-order valence-electron chi connectivity index (χ2n) is 9.73. The van der Waals surface area contributed by atoms with Gasteiger partial charge in [0, 0.05) is 42.1 Å².